The molecule has 0 aliphatic heterocycles. The van der Waals surface area contributed by atoms with E-state index in [0.29, 0.717) is 0 Å². The van der Waals surface area contributed by atoms with Crippen molar-refractivity contribution in [3.8, 4) is 23.4 Å². The molecule has 0 aliphatic carbocycles. The molecule has 0 unspecified atom stereocenters. The number of nitrogens with zero attached hydrogens (tertiary/aromatic N) is 2. The van der Waals surface area contributed by atoms with Gasteiger partial charge >= 0.3 is 0 Å². The molecule has 1 N–H and O–H groups in total. The molecule has 0 radical (unpaired) electrons. The minimum atomic E-state index is -0.116. The third-order valence-corrected chi connectivity index (χ3v) is 4.21. The lowest BCUT2D eigenvalue weighted by atomic mass is 10.1. The van der Waals surface area contributed by atoms with E-state index < -0.39 is 0 Å². The van der Waals surface area contributed by atoms with E-state index >= 15 is 0 Å². The fourth-order valence-corrected chi connectivity index (χ4v) is 2.87. The van der Waals surface area contributed by atoms with E-state index in [-0.39, 0.29) is 5.54 Å². The van der Waals surface area contributed by atoms with Gasteiger partial charge in [-0.1, -0.05) is 21.9 Å². The van der Waals surface area contributed by atoms with Crippen molar-refractivity contribution in [1.82, 2.24) is 14.5 Å². The van der Waals surface area contributed by atoms with Crippen LogP contribution in [-0.4, -0.2) is 14.5 Å². The summed E-state index contributed by atoms with van der Waals surface area (Å²) in [5, 5.41) is 0. The zero-order valence-corrected chi connectivity index (χ0v) is 15.9. The summed E-state index contributed by atoms with van der Waals surface area (Å²) in [6.07, 6.45) is 3.84. The Balaban J connectivity index is 2.06. The SMILES string of the molecule is Cc1c[nH]c(-c2ncc(C#Cc3ccc(Br)cc3)n2C(C)(C)C)c1. The first kappa shape index (κ1) is 16.6. The van der Waals surface area contributed by atoms with E-state index in [1.807, 2.05) is 36.7 Å². The molecule has 1 aromatic carbocycles. The zero-order valence-electron chi connectivity index (χ0n) is 14.3. The van der Waals surface area contributed by atoms with Crippen molar-refractivity contribution in [2.24, 2.45) is 0 Å². The molecular formula is C20H20BrN3. The molecule has 0 saturated heterocycles. The monoisotopic (exact) mass is 381 g/mol. The van der Waals surface area contributed by atoms with Gasteiger partial charge in [-0.3, -0.25) is 0 Å². The van der Waals surface area contributed by atoms with Crippen LogP contribution in [0.25, 0.3) is 11.5 Å². The molecule has 0 saturated carbocycles. The lowest BCUT2D eigenvalue weighted by Crippen LogP contribution is -2.24. The molecule has 24 heavy (non-hydrogen) atoms. The number of aromatic amines is 1. The maximum Gasteiger partial charge on any atom is 0.157 e. The number of halogens is 1. The van der Waals surface area contributed by atoms with Gasteiger partial charge in [0.1, 0.15) is 5.69 Å². The Bertz CT molecular complexity index is 912. The summed E-state index contributed by atoms with van der Waals surface area (Å²) in [6.45, 7) is 8.56. The van der Waals surface area contributed by atoms with Crippen molar-refractivity contribution in [3.05, 3.63) is 64.0 Å². The Morgan fingerprint density at radius 1 is 1.12 bits per heavy atom. The van der Waals surface area contributed by atoms with Crippen LogP contribution in [0.2, 0.25) is 0 Å². The van der Waals surface area contributed by atoms with Crippen LogP contribution in [0.5, 0.6) is 0 Å². The molecule has 0 spiro atoms. The fraction of sp³-hybridized carbons (Fsp3) is 0.250. The molecule has 0 fully saturated rings. The third-order valence-electron chi connectivity index (χ3n) is 3.68. The Labute approximate surface area is 151 Å². The van der Waals surface area contributed by atoms with Gasteiger partial charge in [-0.05, 0) is 69.5 Å². The van der Waals surface area contributed by atoms with Crippen molar-refractivity contribution in [1.29, 1.82) is 0 Å². The van der Waals surface area contributed by atoms with Crippen LogP contribution in [0, 0.1) is 18.8 Å². The number of benzene rings is 1. The Morgan fingerprint density at radius 3 is 2.42 bits per heavy atom. The Kier molecular flexibility index (Phi) is 4.38. The first-order chi connectivity index (χ1) is 11.3. The smallest absolute Gasteiger partial charge is 0.157 e. The Morgan fingerprint density at radius 2 is 1.83 bits per heavy atom. The average molecular weight is 382 g/mol. The summed E-state index contributed by atoms with van der Waals surface area (Å²) < 4.78 is 3.24. The number of hydrogen-bond donors (Lipinski definition) is 1. The molecule has 2 heterocycles. The second-order valence-corrected chi connectivity index (χ2v) is 7.74. The molecular weight excluding hydrogens is 362 g/mol. The molecule has 0 aliphatic rings. The number of imidazole rings is 1. The summed E-state index contributed by atoms with van der Waals surface area (Å²) >= 11 is 3.44. The molecule has 122 valence electrons. The first-order valence-corrected chi connectivity index (χ1v) is 8.65. The standard InChI is InChI=1S/C20H20BrN3/c1-14-11-18(22-12-14)19-23-13-17(24(19)20(2,3)4)10-7-15-5-8-16(21)9-6-15/h5-6,8-9,11-13,22H,1-4H3. The number of H-pyrrole nitrogens is 1. The summed E-state index contributed by atoms with van der Waals surface area (Å²) in [7, 11) is 0. The topological polar surface area (TPSA) is 33.6 Å². The van der Waals surface area contributed by atoms with E-state index in [9.17, 15) is 0 Å². The van der Waals surface area contributed by atoms with E-state index in [1.165, 1.54) is 5.56 Å². The molecule has 0 atom stereocenters. The molecule has 4 heteroatoms. The number of aromatic nitrogens is 3. The lowest BCUT2D eigenvalue weighted by molar-refractivity contribution is 0.398. The lowest BCUT2D eigenvalue weighted by Gasteiger charge is -2.24. The molecule has 0 amide bonds. The Hall–Kier alpha value is -2.25. The van der Waals surface area contributed by atoms with Crippen molar-refractivity contribution in [2.75, 3.05) is 0 Å². The van der Waals surface area contributed by atoms with E-state index in [1.54, 1.807) is 0 Å². The van der Waals surface area contributed by atoms with Gasteiger partial charge in [0.15, 0.2) is 5.82 Å². The van der Waals surface area contributed by atoms with Crippen LogP contribution in [-0.2, 0) is 5.54 Å². The predicted molar refractivity (Wildman–Crippen MR) is 102 cm³/mol. The highest BCUT2D eigenvalue weighted by molar-refractivity contribution is 9.10. The van der Waals surface area contributed by atoms with Gasteiger partial charge in [0.25, 0.3) is 0 Å². The minimum Gasteiger partial charge on any atom is -0.358 e. The van der Waals surface area contributed by atoms with Crippen molar-refractivity contribution < 1.29 is 0 Å². The molecule has 3 rings (SSSR count). The predicted octanol–water partition coefficient (Wildman–Crippen LogP) is 5.10. The van der Waals surface area contributed by atoms with Crippen LogP contribution in [0.15, 0.2) is 47.2 Å². The van der Waals surface area contributed by atoms with Crippen LogP contribution < -0.4 is 0 Å². The van der Waals surface area contributed by atoms with Gasteiger partial charge < -0.3 is 9.55 Å². The van der Waals surface area contributed by atoms with Gasteiger partial charge in [0.2, 0.25) is 0 Å². The zero-order chi connectivity index (χ0) is 17.3. The van der Waals surface area contributed by atoms with Crippen molar-refractivity contribution in [2.45, 2.75) is 33.2 Å². The highest BCUT2D eigenvalue weighted by atomic mass is 79.9. The number of hydrogen-bond acceptors (Lipinski definition) is 1. The highest BCUT2D eigenvalue weighted by Gasteiger charge is 2.22. The maximum atomic E-state index is 4.61. The number of aryl methyl sites for hydroxylation is 1. The second kappa shape index (κ2) is 6.33. The summed E-state index contributed by atoms with van der Waals surface area (Å²) in [5.41, 5.74) is 3.98. The normalized spacial score (nSPS) is 11.2. The molecule has 0 bridgehead atoms. The van der Waals surface area contributed by atoms with Crippen LogP contribution in [0.4, 0.5) is 0 Å². The summed E-state index contributed by atoms with van der Waals surface area (Å²) in [6, 6.07) is 10.1. The largest absolute Gasteiger partial charge is 0.358 e. The second-order valence-electron chi connectivity index (χ2n) is 6.82. The summed E-state index contributed by atoms with van der Waals surface area (Å²) in [4.78, 5) is 7.91. The molecule has 2 aromatic heterocycles. The number of rotatable bonds is 1. The number of nitrogens with one attached hydrogen (secondary N) is 1. The van der Waals surface area contributed by atoms with E-state index in [2.05, 4.69) is 76.1 Å². The van der Waals surface area contributed by atoms with Crippen LogP contribution in [0.3, 0.4) is 0 Å². The highest BCUT2D eigenvalue weighted by Crippen LogP contribution is 2.26. The van der Waals surface area contributed by atoms with E-state index in [0.717, 1.165) is 27.2 Å². The van der Waals surface area contributed by atoms with Gasteiger partial charge in [0, 0.05) is 21.8 Å². The van der Waals surface area contributed by atoms with Crippen LogP contribution in [0.1, 0.15) is 37.6 Å². The minimum absolute atomic E-state index is 0.116. The summed E-state index contributed by atoms with van der Waals surface area (Å²) in [5.74, 6) is 7.42. The van der Waals surface area contributed by atoms with E-state index in [4.69, 9.17) is 0 Å². The van der Waals surface area contributed by atoms with Crippen molar-refractivity contribution >= 4 is 15.9 Å². The fourth-order valence-electron chi connectivity index (χ4n) is 2.61. The average Bonchev–Trinajstić information content (AvgIpc) is 3.12. The van der Waals surface area contributed by atoms with Crippen molar-refractivity contribution in [3.63, 3.8) is 0 Å². The third kappa shape index (κ3) is 3.47. The maximum absolute atomic E-state index is 4.61. The van der Waals surface area contributed by atoms with Gasteiger partial charge in [-0.25, -0.2) is 4.98 Å². The first-order valence-electron chi connectivity index (χ1n) is 7.86. The van der Waals surface area contributed by atoms with Gasteiger partial charge in [0.05, 0.1) is 11.9 Å². The van der Waals surface area contributed by atoms with Gasteiger partial charge in [-0.2, -0.15) is 0 Å². The van der Waals surface area contributed by atoms with Crippen LogP contribution >= 0.6 is 15.9 Å². The molecule has 3 nitrogen and oxygen atoms in total. The molecule has 3 aromatic rings. The van der Waals surface area contributed by atoms with Gasteiger partial charge in [-0.15, -0.1) is 0 Å². The quantitative estimate of drug-likeness (QED) is 0.584.